The number of sulfone groups is 1. The van der Waals surface area contributed by atoms with Crippen LogP contribution >= 0.6 is 0 Å². The molecule has 0 aliphatic carbocycles. The van der Waals surface area contributed by atoms with Gasteiger partial charge in [-0.1, -0.05) is 12.1 Å². The third kappa shape index (κ3) is 6.21. The molecule has 0 atom stereocenters. The van der Waals surface area contributed by atoms with Gasteiger partial charge in [-0.05, 0) is 12.1 Å². The van der Waals surface area contributed by atoms with E-state index in [4.69, 9.17) is 10.5 Å². The highest BCUT2D eigenvalue weighted by Gasteiger charge is 2.07. The summed E-state index contributed by atoms with van der Waals surface area (Å²) in [5, 5.41) is 2.64. The van der Waals surface area contributed by atoms with Crippen molar-refractivity contribution in [2.24, 2.45) is 0 Å². The van der Waals surface area contributed by atoms with E-state index in [1.54, 1.807) is 24.3 Å². The molecule has 0 unspecified atom stereocenters. The number of ether oxygens (including phenoxy) is 1. The number of nitrogens with two attached hydrogens (primary N) is 1. The zero-order valence-corrected chi connectivity index (χ0v) is 11.6. The van der Waals surface area contributed by atoms with Crippen LogP contribution < -0.4 is 11.1 Å². The third-order valence-corrected chi connectivity index (χ3v) is 3.24. The van der Waals surface area contributed by atoms with Crippen molar-refractivity contribution in [1.82, 2.24) is 5.32 Å². The molecular formula is C12H18N2O4S. The van der Waals surface area contributed by atoms with Crippen LogP contribution in [0, 0.1) is 0 Å². The highest BCUT2D eigenvalue weighted by atomic mass is 32.2. The molecular weight excluding hydrogens is 268 g/mol. The van der Waals surface area contributed by atoms with Crippen molar-refractivity contribution in [3.8, 4) is 0 Å². The Kier molecular flexibility index (Phi) is 5.78. The molecule has 0 saturated heterocycles. The zero-order chi connectivity index (χ0) is 14.3. The van der Waals surface area contributed by atoms with E-state index < -0.39 is 9.84 Å². The number of hydrogen-bond donors (Lipinski definition) is 2. The van der Waals surface area contributed by atoms with E-state index in [0.29, 0.717) is 17.8 Å². The first-order chi connectivity index (χ1) is 8.90. The average Bonchev–Trinajstić information content (AvgIpc) is 2.32. The second kappa shape index (κ2) is 7.10. The molecule has 0 fully saturated rings. The topological polar surface area (TPSA) is 98.5 Å². The molecule has 0 radical (unpaired) electrons. The van der Waals surface area contributed by atoms with Gasteiger partial charge in [0, 0.05) is 18.5 Å². The average molecular weight is 286 g/mol. The minimum absolute atomic E-state index is 0.0213. The van der Waals surface area contributed by atoms with Crippen LogP contribution in [0.4, 0.5) is 5.69 Å². The fourth-order valence-corrected chi connectivity index (χ4v) is 1.77. The van der Waals surface area contributed by atoms with Crippen LogP contribution in [-0.4, -0.2) is 46.1 Å². The molecule has 0 spiro atoms. The molecule has 1 amide bonds. The number of nitrogen functional groups attached to an aromatic ring is 1. The van der Waals surface area contributed by atoms with Crippen LogP contribution in [-0.2, 0) is 14.6 Å². The minimum atomic E-state index is -3.01. The lowest BCUT2D eigenvalue weighted by Gasteiger charge is -2.07. The Labute approximate surface area is 112 Å². The van der Waals surface area contributed by atoms with Gasteiger partial charge >= 0.3 is 0 Å². The second-order valence-electron chi connectivity index (χ2n) is 4.09. The predicted octanol–water partition coefficient (Wildman–Crippen LogP) is 0.0598. The van der Waals surface area contributed by atoms with Gasteiger partial charge in [-0.15, -0.1) is 0 Å². The summed E-state index contributed by atoms with van der Waals surface area (Å²) < 4.78 is 26.8. The quantitative estimate of drug-likeness (QED) is 0.545. The van der Waals surface area contributed by atoms with Crippen LogP contribution in [0.15, 0.2) is 24.3 Å². The molecule has 0 aromatic heterocycles. The summed E-state index contributed by atoms with van der Waals surface area (Å²) in [7, 11) is -3.01. The number of benzene rings is 1. The SMILES string of the molecule is CS(=O)(=O)CCOCCNC(=O)c1ccccc1N. The lowest BCUT2D eigenvalue weighted by Crippen LogP contribution is -2.28. The number of anilines is 1. The Bertz CT molecular complexity index is 528. The fraction of sp³-hybridized carbons (Fsp3) is 0.417. The maximum absolute atomic E-state index is 11.7. The van der Waals surface area contributed by atoms with Gasteiger partial charge in [0.25, 0.3) is 5.91 Å². The molecule has 106 valence electrons. The fourth-order valence-electron chi connectivity index (χ4n) is 1.35. The molecule has 0 aliphatic rings. The molecule has 1 aromatic carbocycles. The van der Waals surface area contributed by atoms with Gasteiger partial charge in [0.1, 0.15) is 9.84 Å². The first kappa shape index (κ1) is 15.5. The highest BCUT2D eigenvalue weighted by molar-refractivity contribution is 7.90. The summed E-state index contributed by atoms with van der Waals surface area (Å²) >= 11 is 0. The van der Waals surface area contributed by atoms with Gasteiger partial charge in [-0.2, -0.15) is 0 Å². The van der Waals surface area contributed by atoms with Crippen LogP contribution in [0.25, 0.3) is 0 Å². The summed E-state index contributed by atoms with van der Waals surface area (Å²) in [4.78, 5) is 11.7. The molecule has 6 nitrogen and oxygen atoms in total. The van der Waals surface area contributed by atoms with E-state index in [1.165, 1.54) is 0 Å². The van der Waals surface area contributed by atoms with Crippen molar-refractivity contribution in [2.75, 3.05) is 37.5 Å². The lowest BCUT2D eigenvalue weighted by molar-refractivity contribution is 0.0924. The van der Waals surface area contributed by atoms with Crippen LogP contribution in [0.5, 0.6) is 0 Å². The minimum Gasteiger partial charge on any atom is -0.398 e. The number of hydrogen-bond acceptors (Lipinski definition) is 5. The molecule has 1 rings (SSSR count). The molecule has 3 N–H and O–H groups in total. The molecule has 1 aromatic rings. The molecule has 0 aliphatic heterocycles. The van der Waals surface area contributed by atoms with Crippen molar-refractivity contribution >= 4 is 21.4 Å². The van der Waals surface area contributed by atoms with E-state index in [1.807, 2.05) is 0 Å². The smallest absolute Gasteiger partial charge is 0.253 e. The maximum atomic E-state index is 11.7. The van der Waals surface area contributed by atoms with E-state index >= 15 is 0 Å². The second-order valence-corrected chi connectivity index (χ2v) is 6.35. The van der Waals surface area contributed by atoms with Crippen molar-refractivity contribution in [2.45, 2.75) is 0 Å². The normalized spacial score (nSPS) is 11.2. The van der Waals surface area contributed by atoms with Gasteiger partial charge in [0.05, 0.1) is 24.5 Å². The Hall–Kier alpha value is -1.60. The van der Waals surface area contributed by atoms with Crippen molar-refractivity contribution < 1.29 is 17.9 Å². The summed E-state index contributed by atoms with van der Waals surface area (Å²) in [6.45, 7) is 0.688. The Balaban J connectivity index is 2.23. The summed E-state index contributed by atoms with van der Waals surface area (Å²) in [6, 6.07) is 6.76. The van der Waals surface area contributed by atoms with Crippen LogP contribution in [0.3, 0.4) is 0 Å². The van der Waals surface area contributed by atoms with Gasteiger partial charge < -0.3 is 15.8 Å². The molecule has 0 saturated carbocycles. The Morgan fingerprint density at radius 1 is 1.32 bits per heavy atom. The van der Waals surface area contributed by atoms with E-state index in [2.05, 4.69) is 5.32 Å². The van der Waals surface area contributed by atoms with E-state index in [-0.39, 0.29) is 24.9 Å². The number of amides is 1. The summed E-state index contributed by atoms with van der Waals surface area (Å²) in [6.07, 6.45) is 1.15. The summed E-state index contributed by atoms with van der Waals surface area (Å²) in [5.74, 6) is -0.295. The zero-order valence-electron chi connectivity index (χ0n) is 10.8. The van der Waals surface area contributed by atoms with Gasteiger partial charge in [-0.3, -0.25) is 4.79 Å². The Morgan fingerprint density at radius 3 is 2.63 bits per heavy atom. The lowest BCUT2D eigenvalue weighted by atomic mass is 10.2. The third-order valence-electron chi connectivity index (χ3n) is 2.34. The standard InChI is InChI=1S/C12H18N2O4S/c1-19(16,17)9-8-18-7-6-14-12(15)10-4-2-3-5-11(10)13/h2-5H,6-9,13H2,1H3,(H,14,15). The number of para-hydroxylation sites is 1. The summed E-state index contributed by atoms with van der Waals surface area (Å²) in [5.41, 5.74) is 6.49. The molecule has 0 heterocycles. The van der Waals surface area contributed by atoms with Gasteiger partial charge in [-0.25, -0.2) is 8.42 Å². The number of rotatable bonds is 7. The molecule has 19 heavy (non-hydrogen) atoms. The van der Waals surface area contributed by atoms with Crippen molar-refractivity contribution in [3.63, 3.8) is 0 Å². The van der Waals surface area contributed by atoms with E-state index in [9.17, 15) is 13.2 Å². The first-order valence-corrected chi connectivity index (χ1v) is 7.84. The van der Waals surface area contributed by atoms with E-state index in [0.717, 1.165) is 6.26 Å². The highest BCUT2D eigenvalue weighted by Crippen LogP contribution is 2.09. The number of nitrogens with one attached hydrogen (secondary N) is 1. The van der Waals surface area contributed by atoms with Crippen LogP contribution in [0.1, 0.15) is 10.4 Å². The molecule has 0 bridgehead atoms. The Morgan fingerprint density at radius 2 is 2.00 bits per heavy atom. The number of carbonyl (C=O) groups excluding carboxylic acids is 1. The largest absolute Gasteiger partial charge is 0.398 e. The number of carbonyl (C=O) groups is 1. The first-order valence-electron chi connectivity index (χ1n) is 5.78. The monoisotopic (exact) mass is 286 g/mol. The molecule has 7 heteroatoms. The van der Waals surface area contributed by atoms with Crippen molar-refractivity contribution in [1.29, 1.82) is 0 Å². The maximum Gasteiger partial charge on any atom is 0.253 e. The van der Waals surface area contributed by atoms with Crippen molar-refractivity contribution in [3.05, 3.63) is 29.8 Å². The van der Waals surface area contributed by atoms with Crippen LogP contribution in [0.2, 0.25) is 0 Å². The van der Waals surface area contributed by atoms with Gasteiger partial charge in [0.15, 0.2) is 0 Å². The van der Waals surface area contributed by atoms with Gasteiger partial charge in [0.2, 0.25) is 0 Å². The predicted molar refractivity (Wildman–Crippen MR) is 73.7 cm³/mol.